The van der Waals surface area contributed by atoms with Crippen LogP contribution in [0.15, 0.2) is 78.9 Å². The van der Waals surface area contributed by atoms with Crippen molar-refractivity contribution in [2.45, 2.75) is 38.1 Å². The Hall–Kier alpha value is -3.85. The summed E-state index contributed by atoms with van der Waals surface area (Å²) in [7, 11) is 1.59. The molecule has 200 valence electrons. The predicted octanol–water partition coefficient (Wildman–Crippen LogP) is 5.00. The Morgan fingerprint density at radius 2 is 1.71 bits per heavy atom. The van der Waals surface area contributed by atoms with Crippen molar-refractivity contribution in [2.75, 3.05) is 19.4 Å². The maximum absolute atomic E-state index is 13.7. The monoisotopic (exact) mass is 535 g/mol. The number of benzene rings is 3. The van der Waals surface area contributed by atoms with E-state index in [0.29, 0.717) is 24.5 Å². The number of nitro groups is 1. The zero-order chi connectivity index (χ0) is 27.3. The van der Waals surface area contributed by atoms with Crippen LogP contribution in [-0.2, 0) is 28.3 Å². The van der Waals surface area contributed by atoms with Crippen LogP contribution in [0.3, 0.4) is 0 Å². The van der Waals surface area contributed by atoms with E-state index in [1.807, 2.05) is 61.5 Å². The quantitative estimate of drug-likeness (QED) is 0.230. The number of nitrogens with one attached hydrogen (secondary N) is 1. The summed E-state index contributed by atoms with van der Waals surface area (Å²) in [6.45, 7) is 2.77. The SMILES string of the molecule is CCCNC(=O)C(Cc1ccccc1)N(Cc1cccc(OC)c1)C(=O)CSCc1ccc([N+](=O)[O-])cc1. The highest BCUT2D eigenvalue weighted by atomic mass is 32.2. The predicted molar refractivity (Wildman–Crippen MR) is 150 cm³/mol. The number of nitro benzene ring substituents is 1. The number of thioether (sulfide) groups is 1. The van der Waals surface area contributed by atoms with E-state index in [-0.39, 0.29) is 29.8 Å². The van der Waals surface area contributed by atoms with Gasteiger partial charge < -0.3 is 15.0 Å². The molecule has 0 spiro atoms. The van der Waals surface area contributed by atoms with Crippen molar-refractivity contribution in [3.63, 3.8) is 0 Å². The maximum Gasteiger partial charge on any atom is 0.269 e. The van der Waals surface area contributed by atoms with Crippen LogP contribution in [0, 0.1) is 10.1 Å². The molecule has 3 aromatic rings. The van der Waals surface area contributed by atoms with Gasteiger partial charge in [0.15, 0.2) is 0 Å². The first-order valence-corrected chi connectivity index (χ1v) is 13.6. The summed E-state index contributed by atoms with van der Waals surface area (Å²) < 4.78 is 5.36. The second-order valence-electron chi connectivity index (χ2n) is 8.79. The van der Waals surface area contributed by atoms with E-state index in [1.54, 1.807) is 24.1 Å². The molecule has 1 unspecified atom stereocenters. The number of hydrogen-bond donors (Lipinski definition) is 1. The smallest absolute Gasteiger partial charge is 0.269 e. The van der Waals surface area contributed by atoms with Crippen molar-refractivity contribution in [3.05, 3.63) is 106 Å². The number of ether oxygens (including phenoxy) is 1. The van der Waals surface area contributed by atoms with Gasteiger partial charge in [0.2, 0.25) is 11.8 Å². The van der Waals surface area contributed by atoms with Crippen LogP contribution in [0.4, 0.5) is 5.69 Å². The minimum atomic E-state index is -0.692. The highest BCUT2D eigenvalue weighted by Gasteiger charge is 2.30. The lowest BCUT2D eigenvalue weighted by molar-refractivity contribution is -0.384. The molecule has 0 saturated carbocycles. The molecule has 1 N–H and O–H groups in total. The summed E-state index contributed by atoms with van der Waals surface area (Å²) >= 11 is 1.41. The van der Waals surface area contributed by atoms with Gasteiger partial charge in [-0.2, -0.15) is 0 Å². The second kappa shape index (κ2) is 14.8. The third kappa shape index (κ3) is 8.62. The Kier molecular flexibility index (Phi) is 11.2. The molecule has 0 aliphatic rings. The topological polar surface area (TPSA) is 102 Å². The van der Waals surface area contributed by atoms with Gasteiger partial charge in [-0.25, -0.2) is 0 Å². The Bertz CT molecular complexity index is 1200. The molecular formula is C29H33N3O5S. The average Bonchev–Trinajstić information content (AvgIpc) is 2.94. The highest BCUT2D eigenvalue weighted by molar-refractivity contribution is 7.99. The number of carbonyl (C=O) groups excluding carboxylic acids is 2. The molecule has 8 nitrogen and oxygen atoms in total. The van der Waals surface area contributed by atoms with E-state index >= 15 is 0 Å². The molecule has 0 aliphatic carbocycles. The number of hydrogen-bond acceptors (Lipinski definition) is 6. The van der Waals surface area contributed by atoms with Crippen molar-refractivity contribution < 1.29 is 19.2 Å². The molecule has 0 bridgehead atoms. The summed E-state index contributed by atoms with van der Waals surface area (Å²) in [6, 6.07) is 22.8. The third-order valence-electron chi connectivity index (χ3n) is 5.95. The van der Waals surface area contributed by atoms with Crippen LogP contribution < -0.4 is 10.1 Å². The second-order valence-corrected chi connectivity index (χ2v) is 9.77. The molecule has 0 aliphatic heterocycles. The van der Waals surface area contributed by atoms with E-state index in [1.165, 1.54) is 23.9 Å². The number of nitrogens with zero attached hydrogens (tertiary/aromatic N) is 2. The van der Waals surface area contributed by atoms with Crippen LogP contribution in [-0.4, -0.2) is 47.1 Å². The highest BCUT2D eigenvalue weighted by Crippen LogP contribution is 2.21. The lowest BCUT2D eigenvalue weighted by Gasteiger charge is -2.31. The number of amides is 2. The molecule has 3 rings (SSSR count). The summed E-state index contributed by atoms with van der Waals surface area (Å²) in [4.78, 5) is 39.1. The van der Waals surface area contributed by atoms with E-state index in [4.69, 9.17) is 4.74 Å². The maximum atomic E-state index is 13.7. The zero-order valence-corrected chi connectivity index (χ0v) is 22.5. The van der Waals surface area contributed by atoms with Crippen LogP contribution in [0.25, 0.3) is 0 Å². The molecule has 0 radical (unpaired) electrons. The Morgan fingerprint density at radius 3 is 2.37 bits per heavy atom. The van der Waals surface area contributed by atoms with Gasteiger partial charge in [0, 0.05) is 37.4 Å². The van der Waals surface area contributed by atoms with Gasteiger partial charge in [0.1, 0.15) is 11.8 Å². The van der Waals surface area contributed by atoms with Crippen LogP contribution in [0.2, 0.25) is 0 Å². The van der Waals surface area contributed by atoms with E-state index in [2.05, 4.69) is 5.32 Å². The summed E-state index contributed by atoms with van der Waals surface area (Å²) in [5, 5.41) is 13.9. The van der Waals surface area contributed by atoms with Gasteiger partial charge in [-0.1, -0.05) is 61.5 Å². The van der Waals surface area contributed by atoms with Crippen molar-refractivity contribution >= 4 is 29.3 Å². The van der Waals surface area contributed by atoms with Gasteiger partial charge in [0.25, 0.3) is 5.69 Å². The van der Waals surface area contributed by atoms with Gasteiger partial charge in [0.05, 0.1) is 17.8 Å². The fourth-order valence-electron chi connectivity index (χ4n) is 3.94. The molecule has 0 fully saturated rings. The lowest BCUT2D eigenvalue weighted by atomic mass is 10.0. The Morgan fingerprint density at radius 1 is 1.00 bits per heavy atom. The van der Waals surface area contributed by atoms with Crippen molar-refractivity contribution in [3.8, 4) is 5.75 Å². The van der Waals surface area contributed by atoms with E-state index < -0.39 is 11.0 Å². The van der Waals surface area contributed by atoms with E-state index in [0.717, 1.165) is 23.1 Å². The van der Waals surface area contributed by atoms with Crippen molar-refractivity contribution in [1.82, 2.24) is 10.2 Å². The molecule has 0 heterocycles. The molecule has 38 heavy (non-hydrogen) atoms. The normalized spacial score (nSPS) is 11.4. The minimum Gasteiger partial charge on any atom is -0.497 e. The fraction of sp³-hybridized carbons (Fsp3) is 0.310. The zero-order valence-electron chi connectivity index (χ0n) is 21.7. The average molecular weight is 536 g/mol. The van der Waals surface area contributed by atoms with Gasteiger partial charge in [-0.3, -0.25) is 19.7 Å². The number of carbonyl (C=O) groups is 2. The molecule has 1 atom stereocenters. The van der Waals surface area contributed by atoms with Crippen molar-refractivity contribution in [1.29, 1.82) is 0 Å². The van der Waals surface area contributed by atoms with Crippen LogP contribution in [0.5, 0.6) is 5.75 Å². The molecule has 3 aromatic carbocycles. The Balaban J connectivity index is 1.82. The first-order chi connectivity index (χ1) is 18.4. The first-order valence-electron chi connectivity index (χ1n) is 12.5. The summed E-state index contributed by atoms with van der Waals surface area (Å²) in [5.41, 5.74) is 2.74. The number of methoxy groups -OCH3 is 1. The lowest BCUT2D eigenvalue weighted by Crippen LogP contribution is -2.51. The molecule has 0 saturated heterocycles. The molecule has 0 aromatic heterocycles. The van der Waals surface area contributed by atoms with Crippen molar-refractivity contribution in [2.24, 2.45) is 0 Å². The van der Waals surface area contributed by atoms with Gasteiger partial charge in [-0.15, -0.1) is 11.8 Å². The minimum absolute atomic E-state index is 0.0288. The van der Waals surface area contributed by atoms with Crippen LogP contribution in [0.1, 0.15) is 30.0 Å². The Labute approximate surface area is 227 Å². The van der Waals surface area contributed by atoms with Gasteiger partial charge in [-0.05, 0) is 35.2 Å². The number of non-ortho nitro benzene ring substituents is 1. The van der Waals surface area contributed by atoms with Gasteiger partial charge >= 0.3 is 0 Å². The molecule has 2 amide bonds. The van der Waals surface area contributed by atoms with E-state index in [9.17, 15) is 19.7 Å². The standard InChI is InChI=1S/C29H33N3O5S/c1-3-16-30-29(34)27(18-22-8-5-4-6-9-22)31(19-24-10-7-11-26(17-24)37-2)28(33)21-38-20-23-12-14-25(15-13-23)32(35)36/h4-15,17,27H,3,16,18-21H2,1-2H3,(H,30,34). The number of rotatable bonds is 14. The van der Waals surface area contributed by atoms with Crippen LogP contribution >= 0.6 is 11.8 Å². The molecular weight excluding hydrogens is 502 g/mol. The fourth-order valence-corrected chi connectivity index (χ4v) is 4.81. The molecule has 9 heteroatoms. The first kappa shape index (κ1) is 28.7. The third-order valence-corrected chi connectivity index (χ3v) is 6.94. The summed E-state index contributed by atoms with van der Waals surface area (Å²) in [6.07, 6.45) is 1.18. The summed E-state index contributed by atoms with van der Waals surface area (Å²) in [5.74, 6) is 1.01. The largest absolute Gasteiger partial charge is 0.497 e.